The number of rotatable bonds is 6. The zero-order chi connectivity index (χ0) is 14.7. The Morgan fingerprint density at radius 1 is 1.50 bits per heavy atom. The summed E-state index contributed by atoms with van der Waals surface area (Å²) in [6, 6.07) is 4.13. The van der Waals surface area contributed by atoms with Crippen molar-refractivity contribution in [2.24, 2.45) is 5.92 Å². The van der Waals surface area contributed by atoms with Crippen molar-refractivity contribution in [3.8, 4) is 0 Å². The van der Waals surface area contributed by atoms with E-state index in [4.69, 9.17) is 4.74 Å². The van der Waals surface area contributed by atoms with Gasteiger partial charge >= 0.3 is 5.97 Å². The number of nitrogens with one attached hydrogen (secondary N) is 1. The van der Waals surface area contributed by atoms with E-state index in [1.165, 1.54) is 20.0 Å². The number of likely N-dealkylation sites (N-methyl/N-ethyl adjacent to an activating group) is 1. The average molecular weight is 277 g/mol. The number of aromatic nitrogens is 1. The fraction of sp³-hybridized carbons (Fsp3) is 0.600. The Labute approximate surface area is 120 Å². The first kappa shape index (κ1) is 14.8. The quantitative estimate of drug-likeness (QED) is 0.805. The Morgan fingerprint density at radius 2 is 2.20 bits per heavy atom. The summed E-state index contributed by atoms with van der Waals surface area (Å²) >= 11 is 0. The van der Waals surface area contributed by atoms with Crippen molar-refractivity contribution < 1.29 is 9.53 Å². The Bertz CT molecular complexity index is 482. The highest BCUT2D eigenvalue weighted by Gasteiger charge is 2.32. The number of hydrogen-bond donors (Lipinski definition) is 1. The minimum Gasteiger partial charge on any atom is -0.465 e. The third kappa shape index (κ3) is 3.48. The van der Waals surface area contributed by atoms with E-state index in [9.17, 15) is 4.79 Å². The van der Waals surface area contributed by atoms with Gasteiger partial charge in [0.05, 0.1) is 18.4 Å². The molecule has 1 heterocycles. The van der Waals surface area contributed by atoms with Crippen LogP contribution >= 0.6 is 0 Å². The molecular formula is C15H23N3O2. The maximum absolute atomic E-state index is 11.5. The van der Waals surface area contributed by atoms with Crippen LogP contribution in [0.25, 0.3) is 0 Å². The lowest BCUT2D eigenvalue weighted by atomic mass is 10.1. The van der Waals surface area contributed by atoms with Crippen LogP contribution in [0, 0.1) is 12.8 Å². The predicted octanol–water partition coefficient (Wildman–Crippen LogP) is 1.93. The van der Waals surface area contributed by atoms with E-state index in [1.54, 1.807) is 6.07 Å². The normalized spacial score (nSPS) is 16.1. The van der Waals surface area contributed by atoms with Gasteiger partial charge in [-0.15, -0.1) is 0 Å². The summed E-state index contributed by atoms with van der Waals surface area (Å²) in [4.78, 5) is 18.2. The summed E-state index contributed by atoms with van der Waals surface area (Å²) in [5.41, 5.74) is 1.21. The molecule has 0 amide bonds. The maximum atomic E-state index is 11.5. The van der Waals surface area contributed by atoms with Crippen molar-refractivity contribution in [2.75, 3.05) is 33.1 Å². The number of carbonyl (C=O) groups is 1. The van der Waals surface area contributed by atoms with E-state index in [1.807, 2.05) is 13.0 Å². The van der Waals surface area contributed by atoms with Crippen LogP contribution in [-0.2, 0) is 4.74 Å². The number of pyridine rings is 1. The number of hydrogen-bond acceptors (Lipinski definition) is 5. The summed E-state index contributed by atoms with van der Waals surface area (Å²) in [6.45, 7) is 2.70. The molecule has 1 unspecified atom stereocenters. The molecule has 0 radical (unpaired) electrons. The van der Waals surface area contributed by atoms with E-state index < -0.39 is 0 Å². The molecule has 1 saturated carbocycles. The Hall–Kier alpha value is -1.62. The highest BCUT2D eigenvalue weighted by Crippen LogP contribution is 2.34. The van der Waals surface area contributed by atoms with Crippen molar-refractivity contribution in [2.45, 2.75) is 25.8 Å². The van der Waals surface area contributed by atoms with Gasteiger partial charge in [-0.1, -0.05) is 0 Å². The lowest BCUT2D eigenvalue weighted by Crippen LogP contribution is -2.36. The molecule has 1 aliphatic rings. The predicted molar refractivity (Wildman–Crippen MR) is 79.0 cm³/mol. The lowest BCUT2D eigenvalue weighted by molar-refractivity contribution is 0.0599. The number of methoxy groups -OCH3 is 1. The summed E-state index contributed by atoms with van der Waals surface area (Å²) in [5, 5.41) is 3.37. The fourth-order valence-electron chi connectivity index (χ4n) is 2.45. The Morgan fingerprint density at radius 3 is 2.70 bits per heavy atom. The van der Waals surface area contributed by atoms with Crippen molar-refractivity contribution in [3.63, 3.8) is 0 Å². The second-order valence-electron chi connectivity index (χ2n) is 5.57. The van der Waals surface area contributed by atoms with Gasteiger partial charge in [0.15, 0.2) is 0 Å². The van der Waals surface area contributed by atoms with Crippen molar-refractivity contribution >= 4 is 11.8 Å². The molecule has 1 atom stereocenters. The van der Waals surface area contributed by atoms with Crippen molar-refractivity contribution in [1.29, 1.82) is 0 Å². The van der Waals surface area contributed by atoms with Gasteiger partial charge in [-0.05, 0) is 51.9 Å². The van der Waals surface area contributed by atoms with Crippen LogP contribution in [0.2, 0.25) is 0 Å². The van der Waals surface area contributed by atoms with Gasteiger partial charge in [0, 0.05) is 12.6 Å². The largest absolute Gasteiger partial charge is 0.465 e. The van der Waals surface area contributed by atoms with E-state index >= 15 is 0 Å². The molecule has 5 nitrogen and oxygen atoms in total. The third-order valence-electron chi connectivity index (χ3n) is 3.81. The zero-order valence-electron chi connectivity index (χ0n) is 12.6. The molecule has 110 valence electrons. The maximum Gasteiger partial charge on any atom is 0.339 e. The summed E-state index contributed by atoms with van der Waals surface area (Å²) in [5.74, 6) is 1.27. The van der Waals surface area contributed by atoms with Gasteiger partial charge in [-0.25, -0.2) is 9.78 Å². The first-order valence-electron chi connectivity index (χ1n) is 6.99. The summed E-state index contributed by atoms with van der Waals surface area (Å²) in [7, 11) is 5.61. The van der Waals surface area contributed by atoms with Gasteiger partial charge in [0.1, 0.15) is 5.82 Å². The molecule has 1 aliphatic carbocycles. The van der Waals surface area contributed by atoms with Gasteiger partial charge < -0.3 is 15.0 Å². The summed E-state index contributed by atoms with van der Waals surface area (Å²) in [6.07, 6.45) is 2.64. The van der Waals surface area contributed by atoms with E-state index in [0.29, 0.717) is 17.3 Å². The fourth-order valence-corrected chi connectivity index (χ4v) is 2.45. The first-order valence-corrected chi connectivity index (χ1v) is 6.99. The number of nitrogens with zero attached hydrogens (tertiary/aromatic N) is 2. The third-order valence-corrected chi connectivity index (χ3v) is 3.81. The van der Waals surface area contributed by atoms with Crippen LogP contribution in [0.15, 0.2) is 12.1 Å². The van der Waals surface area contributed by atoms with Crippen LogP contribution in [-0.4, -0.2) is 49.6 Å². The highest BCUT2D eigenvalue weighted by molar-refractivity contribution is 5.90. The SMILES string of the molecule is COC(=O)c1ccc(NCC(C2CC2)N(C)C)nc1C. The number of carbonyl (C=O) groups excluding carboxylic acids is 1. The molecule has 0 saturated heterocycles. The van der Waals surface area contributed by atoms with Crippen LogP contribution in [0.1, 0.15) is 28.9 Å². The molecular weight excluding hydrogens is 254 g/mol. The van der Waals surface area contributed by atoms with Crippen LogP contribution in [0.5, 0.6) is 0 Å². The number of anilines is 1. The van der Waals surface area contributed by atoms with Crippen LogP contribution in [0.4, 0.5) is 5.82 Å². The summed E-state index contributed by atoms with van der Waals surface area (Å²) < 4.78 is 4.72. The highest BCUT2D eigenvalue weighted by atomic mass is 16.5. The average Bonchev–Trinajstić information content (AvgIpc) is 3.22. The molecule has 0 spiro atoms. The molecule has 20 heavy (non-hydrogen) atoms. The standard InChI is InChI=1S/C15H23N3O2/c1-10-12(15(19)20-4)7-8-14(17-10)16-9-13(18(2)3)11-5-6-11/h7-8,11,13H,5-6,9H2,1-4H3,(H,16,17). The van der Waals surface area contributed by atoms with E-state index in [2.05, 4.69) is 29.3 Å². The molecule has 0 bridgehead atoms. The molecule has 0 aliphatic heterocycles. The molecule has 2 rings (SSSR count). The zero-order valence-corrected chi connectivity index (χ0v) is 12.6. The van der Waals surface area contributed by atoms with Crippen molar-refractivity contribution in [3.05, 3.63) is 23.4 Å². The van der Waals surface area contributed by atoms with Gasteiger partial charge in [0.2, 0.25) is 0 Å². The minimum atomic E-state index is -0.342. The lowest BCUT2D eigenvalue weighted by Gasteiger charge is -2.24. The first-order chi connectivity index (χ1) is 9.52. The van der Waals surface area contributed by atoms with Gasteiger partial charge in [-0.3, -0.25) is 0 Å². The Balaban J connectivity index is 1.99. The molecule has 1 N–H and O–H groups in total. The Kier molecular flexibility index (Phi) is 4.60. The van der Waals surface area contributed by atoms with Crippen LogP contribution < -0.4 is 5.32 Å². The number of ether oxygens (including phenoxy) is 1. The molecule has 1 aromatic heterocycles. The molecule has 5 heteroatoms. The van der Waals surface area contributed by atoms with Crippen LogP contribution in [0.3, 0.4) is 0 Å². The molecule has 0 aromatic carbocycles. The number of esters is 1. The van der Waals surface area contributed by atoms with Crippen molar-refractivity contribution in [1.82, 2.24) is 9.88 Å². The second kappa shape index (κ2) is 6.22. The monoisotopic (exact) mass is 277 g/mol. The van der Waals surface area contributed by atoms with E-state index in [-0.39, 0.29) is 5.97 Å². The molecule has 1 aromatic rings. The molecule has 1 fully saturated rings. The second-order valence-corrected chi connectivity index (χ2v) is 5.57. The number of aryl methyl sites for hydroxylation is 1. The minimum absolute atomic E-state index is 0.342. The van der Waals surface area contributed by atoms with Gasteiger partial charge in [-0.2, -0.15) is 0 Å². The smallest absolute Gasteiger partial charge is 0.339 e. The topological polar surface area (TPSA) is 54.5 Å². The van der Waals surface area contributed by atoms with E-state index in [0.717, 1.165) is 18.3 Å². The van der Waals surface area contributed by atoms with Gasteiger partial charge in [0.25, 0.3) is 0 Å².